The summed E-state index contributed by atoms with van der Waals surface area (Å²) in [5.74, 6) is -0.352. The molecule has 2 aromatic rings. The van der Waals surface area contributed by atoms with Gasteiger partial charge in [0.05, 0.1) is 6.61 Å². The zero-order valence-corrected chi connectivity index (χ0v) is 10.2. The van der Waals surface area contributed by atoms with Crippen molar-refractivity contribution in [3.63, 3.8) is 0 Å². The van der Waals surface area contributed by atoms with Gasteiger partial charge in [-0.25, -0.2) is 9.78 Å². The summed E-state index contributed by atoms with van der Waals surface area (Å²) in [7, 11) is 0. The molecule has 0 radical (unpaired) electrons. The first kappa shape index (κ1) is 12.8. The van der Waals surface area contributed by atoms with Crippen molar-refractivity contribution in [1.29, 1.82) is 0 Å². The third kappa shape index (κ3) is 3.19. The van der Waals surface area contributed by atoms with Crippen molar-refractivity contribution in [2.24, 2.45) is 0 Å². The van der Waals surface area contributed by atoms with Crippen LogP contribution in [0.1, 0.15) is 17.4 Å². The lowest BCUT2D eigenvalue weighted by atomic mass is 10.3. The lowest BCUT2D eigenvalue weighted by Gasteiger charge is -2.08. The largest absolute Gasteiger partial charge is 0.478 e. The van der Waals surface area contributed by atoms with Gasteiger partial charge in [-0.1, -0.05) is 6.07 Å². The van der Waals surface area contributed by atoms with Gasteiger partial charge in [0.25, 0.3) is 0 Å². The number of hydrogen-bond donors (Lipinski definition) is 1. The topological polar surface area (TPSA) is 81.5 Å². The van der Waals surface area contributed by atoms with Crippen LogP contribution in [0.5, 0.6) is 17.5 Å². The number of aromatic nitrogens is 2. The fourth-order valence-electron chi connectivity index (χ4n) is 1.43. The van der Waals surface area contributed by atoms with Gasteiger partial charge in [-0.3, -0.25) is 0 Å². The minimum Gasteiger partial charge on any atom is -0.478 e. The van der Waals surface area contributed by atoms with E-state index >= 15 is 0 Å². The minimum atomic E-state index is -1.16. The Kier molecular flexibility index (Phi) is 3.92. The number of hydrogen-bond acceptors (Lipinski definition) is 5. The van der Waals surface area contributed by atoms with Gasteiger partial charge < -0.3 is 14.6 Å². The highest BCUT2D eigenvalue weighted by atomic mass is 16.5. The monoisotopic (exact) mass is 260 g/mol. The SMILES string of the molecule is CCOc1cccc(Oc2cccnc2C(=O)O)n1. The summed E-state index contributed by atoms with van der Waals surface area (Å²) >= 11 is 0. The maximum absolute atomic E-state index is 11.0. The molecule has 2 rings (SSSR count). The highest BCUT2D eigenvalue weighted by Crippen LogP contribution is 2.23. The van der Waals surface area contributed by atoms with Crippen LogP contribution in [-0.2, 0) is 0 Å². The van der Waals surface area contributed by atoms with Crippen molar-refractivity contribution < 1.29 is 19.4 Å². The number of aromatic carboxylic acids is 1. The molecule has 0 spiro atoms. The molecule has 0 aliphatic carbocycles. The number of pyridine rings is 2. The Morgan fingerprint density at radius 2 is 2.05 bits per heavy atom. The normalized spacial score (nSPS) is 9.95. The Balaban J connectivity index is 2.26. The Morgan fingerprint density at radius 3 is 2.79 bits per heavy atom. The van der Waals surface area contributed by atoms with Gasteiger partial charge in [-0.05, 0) is 19.1 Å². The molecule has 0 saturated heterocycles. The van der Waals surface area contributed by atoms with Crippen LogP contribution >= 0.6 is 0 Å². The Labute approximate surface area is 109 Å². The van der Waals surface area contributed by atoms with Crippen molar-refractivity contribution in [3.05, 3.63) is 42.2 Å². The smallest absolute Gasteiger partial charge is 0.358 e. The molecule has 0 fully saturated rings. The average molecular weight is 260 g/mol. The molecule has 0 aliphatic rings. The molecule has 2 heterocycles. The zero-order valence-electron chi connectivity index (χ0n) is 10.2. The van der Waals surface area contributed by atoms with E-state index in [0.29, 0.717) is 12.5 Å². The first-order valence-electron chi connectivity index (χ1n) is 5.66. The molecule has 1 N–H and O–H groups in total. The molecule has 0 saturated carbocycles. The fourth-order valence-corrected chi connectivity index (χ4v) is 1.43. The Bertz CT molecular complexity index is 586. The van der Waals surface area contributed by atoms with E-state index in [1.807, 2.05) is 6.92 Å². The first-order chi connectivity index (χ1) is 9.20. The summed E-state index contributed by atoms with van der Waals surface area (Å²) < 4.78 is 10.7. The van der Waals surface area contributed by atoms with Crippen LogP contribution in [0.25, 0.3) is 0 Å². The second kappa shape index (κ2) is 5.81. The van der Waals surface area contributed by atoms with Crippen LogP contribution in [0.4, 0.5) is 0 Å². The predicted octanol–water partition coefficient (Wildman–Crippen LogP) is 2.37. The van der Waals surface area contributed by atoms with Crippen molar-refractivity contribution in [3.8, 4) is 17.5 Å². The third-order valence-electron chi connectivity index (χ3n) is 2.18. The number of ether oxygens (including phenoxy) is 2. The van der Waals surface area contributed by atoms with Crippen molar-refractivity contribution in [2.45, 2.75) is 6.92 Å². The van der Waals surface area contributed by atoms with Crippen molar-refractivity contribution in [2.75, 3.05) is 6.61 Å². The van der Waals surface area contributed by atoms with E-state index < -0.39 is 5.97 Å². The van der Waals surface area contributed by atoms with E-state index in [0.717, 1.165) is 0 Å². The second-order valence-corrected chi connectivity index (χ2v) is 3.50. The lowest BCUT2D eigenvalue weighted by Crippen LogP contribution is -2.03. The lowest BCUT2D eigenvalue weighted by molar-refractivity contribution is 0.0687. The highest BCUT2D eigenvalue weighted by molar-refractivity contribution is 5.88. The highest BCUT2D eigenvalue weighted by Gasteiger charge is 2.13. The minimum absolute atomic E-state index is 0.135. The molecule has 98 valence electrons. The number of carboxylic acid groups (broad SMARTS) is 1. The van der Waals surface area contributed by atoms with Gasteiger partial charge in [0, 0.05) is 18.3 Å². The van der Waals surface area contributed by atoms with Crippen LogP contribution in [0.3, 0.4) is 0 Å². The number of nitrogens with zero attached hydrogens (tertiary/aromatic N) is 2. The summed E-state index contributed by atoms with van der Waals surface area (Å²) in [6, 6.07) is 8.13. The molecule has 6 heteroatoms. The summed E-state index contributed by atoms with van der Waals surface area (Å²) in [4.78, 5) is 18.8. The summed E-state index contributed by atoms with van der Waals surface area (Å²) in [6.45, 7) is 2.34. The van der Waals surface area contributed by atoms with Crippen molar-refractivity contribution in [1.82, 2.24) is 9.97 Å². The van der Waals surface area contributed by atoms with Crippen LogP contribution in [0.2, 0.25) is 0 Å². The van der Waals surface area contributed by atoms with E-state index in [1.54, 1.807) is 24.3 Å². The summed E-state index contributed by atoms with van der Waals surface area (Å²) in [5, 5.41) is 8.99. The predicted molar refractivity (Wildman–Crippen MR) is 66.7 cm³/mol. The average Bonchev–Trinajstić information content (AvgIpc) is 2.40. The third-order valence-corrected chi connectivity index (χ3v) is 2.18. The maximum atomic E-state index is 11.0. The second-order valence-electron chi connectivity index (χ2n) is 3.50. The van der Waals surface area contributed by atoms with Gasteiger partial charge in [0.15, 0.2) is 11.4 Å². The van der Waals surface area contributed by atoms with Gasteiger partial charge in [0.2, 0.25) is 11.8 Å². The molecule has 0 atom stereocenters. The van der Waals surface area contributed by atoms with Gasteiger partial charge in [0.1, 0.15) is 0 Å². The number of carboxylic acids is 1. The molecule has 0 amide bonds. The van der Waals surface area contributed by atoms with E-state index in [9.17, 15) is 4.79 Å². The molecule has 6 nitrogen and oxygen atoms in total. The van der Waals surface area contributed by atoms with E-state index in [-0.39, 0.29) is 17.3 Å². The quantitative estimate of drug-likeness (QED) is 0.888. The standard InChI is InChI=1S/C13H12N2O4/c1-2-18-10-6-3-7-11(15-10)19-9-5-4-8-14-12(9)13(16)17/h3-8H,2H2,1H3,(H,16,17). The van der Waals surface area contributed by atoms with E-state index in [2.05, 4.69) is 9.97 Å². The maximum Gasteiger partial charge on any atom is 0.358 e. The molecule has 0 bridgehead atoms. The molecular formula is C13H12N2O4. The van der Waals surface area contributed by atoms with Crippen LogP contribution < -0.4 is 9.47 Å². The first-order valence-corrected chi connectivity index (χ1v) is 5.66. The molecule has 0 unspecified atom stereocenters. The Morgan fingerprint density at radius 1 is 1.26 bits per heavy atom. The fraction of sp³-hybridized carbons (Fsp3) is 0.154. The molecule has 2 aromatic heterocycles. The molecule has 19 heavy (non-hydrogen) atoms. The van der Waals surface area contributed by atoms with Crippen LogP contribution in [0.15, 0.2) is 36.5 Å². The van der Waals surface area contributed by atoms with Crippen molar-refractivity contribution >= 4 is 5.97 Å². The number of carbonyl (C=O) groups is 1. The summed E-state index contributed by atoms with van der Waals surface area (Å²) in [5.41, 5.74) is -0.161. The van der Waals surface area contributed by atoms with E-state index in [4.69, 9.17) is 14.6 Å². The van der Waals surface area contributed by atoms with Crippen LogP contribution in [0, 0.1) is 0 Å². The van der Waals surface area contributed by atoms with E-state index in [1.165, 1.54) is 12.3 Å². The summed E-state index contributed by atoms with van der Waals surface area (Å²) in [6.07, 6.45) is 1.39. The zero-order chi connectivity index (χ0) is 13.7. The molecule has 0 aliphatic heterocycles. The molecular weight excluding hydrogens is 248 g/mol. The number of rotatable bonds is 5. The van der Waals surface area contributed by atoms with Gasteiger partial charge >= 0.3 is 5.97 Å². The van der Waals surface area contributed by atoms with Crippen LogP contribution in [-0.4, -0.2) is 27.7 Å². The van der Waals surface area contributed by atoms with Gasteiger partial charge in [-0.15, -0.1) is 0 Å². The molecule has 0 aromatic carbocycles. The van der Waals surface area contributed by atoms with Gasteiger partial charge in [-0.2, -0.15) is 4.98 Å². The Hall–Kier alpha value is -2.63.